The fraction of sp³-hybridized carbons (Fsp3) is 1.00. The summed E-state index contributed by atoms with van der Waals surface area (Å²) in [5.74, 6) is 14.3. The van der Waals surface area contributed by atoms with E-state index in [1.165, 1.54) is 0 Å². The number of quaternary nitrogens is 1. The van der Waals surface area contributed by atoms with Crippen molar-refractivity contribution in [3.8, 4) is 0 Å². The number of hydrogen-bond donors (Lipinski definition) is 3. The zero-order valence-electron chi connectivity index (χ0n) is 5.82. The summed E-state index contributed by atoms with van der Waals surface area (Å²) >= 11 is 0. The Morgan fingerprint density at radius 3 is 1.60 bits per heavy atom. The van der Waals surface area contributed by atoms with Crippen LogP contribution in [0.3, 0.4) is 0 Å². The van der Waals surface area contributed by atoms with Gasteiger partial charge in [-0.15, -0.1) is 0 Å². The zero-order valence-corrected chi connectivity index (χ0v) is 5.82. The minimum atomic E-state index is -0.865. The van der Waals surface area contributed by atoms with Crippen LogP contribution in [0.25, 0.3) is 0 Å². The molecule has 0 aromatic heterocycles. The van der Waals surface area contributed by atoms with Gasteiger partial charge in [0.25, 0.3) is 0 Å². The minimum absolute atomic E-state index is 0.309. The third-order valence-corrected chi connectivity index (χ3v) is 0.979. The third kappa shape index (κ3) is 2.15. The van der Waals surface area contributed by atoms with E-state index in [1.807, 2.05) is 6.92 Å². The van der Waals surface area contributed by atoms with Crippen molar-refractivity contribution in [2.45, 2.75) is 13.3 Å². The maximum absolute atomic E-state index is 4.78. The maximum atomic E-state index is 4.78. The minimum Gasteiger partial charge on any atom is -0.153 e. The Balaban J connectivity index is 3.87. The first kappa shape index (κ1) is 9.72. The molecule has 0 aliphatic heterocycles. The molecule has 0 fully saturated rings. The van der Waals surface area contributed by atoms with Gasteiger partial charge in [-0.3, -0.25) is 0 Å². The monoisotopic (exact) mass is 153 g/mol. The van der Waals surface area contributed by atoms with Crippen LogP contribution in [0.5, 0.6) is 0 Å². The normalized spacial score (nSPS) is 12.0. The van der Waals surface area contributed by atoms with E-state index in [4.69, 9.17) is 17.7 Å². The molecular weight excluding hydrogens is 140 g/mol. The van der Waals surface area contributed by atoms with Crippen molar-refractivity contribution in [1.29, 1.82) is 0 Å². The summed E-state index contributed by atoms with van der Waals surface area (Å²) in [4.78, 5) is 11.8. The predicted octanol–water partition coefficient (Wildman–Crippen LogP) is -1.37. The molecule has 10 heavy (non-hydrogen) atoms. The van der Waals surface area contributed by atoms with Gasteiger partial charge in [-0.25, -0.2) is 0 Å². The highest BCUT2D eigenvalue weighted by Gasteiger charge is 2.32. The Kier molecular flexibility index (Phi) is 4.40. The van der Waals surface area contributed by atoms with Gasteiger partial charge < -0.3 is 0 Å². The first-order valence-corrected chi connectivity index (χ1v) is 2.78. The summed E-state index contributed by atoms with van der Waals surface area (Å²) < 4.78 is 0. The molecule has 7 heteroatoms. The first-order chi connectivity index (χ1) is 4.74. The van der Waals surface area contributed by atoms with Crippen LogP contribution in [0, 0.1) is 0 Å². The highest BCUT2D eigenvalue weighted by Crippen LogP contribution is 2.03. The molecule has 0 aliphatic rings. The molecule has 0 spiro atoms. The lowest BCUT2D eigenvalue weighted by Gasteiger charge is -2.20. The second-order valence-electron chi connectivity index (χ2n) is 1.65. The Labute approximate surface area is 58.5 Å². The van der Waals surface area contributed by atoms with Crippen LogP contribution >= 0.6 is 0 Å². The van der Waals surface area contributed by atoms with Crippen molar-refractivity contribution in [3.63, 3.8) is 0 Å². The van der Waals surface area contributed by atoms with E-state index in [0.29, 0.717) is 13.0 Å². The average molecular weight is 153 g/mol. The average Bonchev–Trinajstić information content (AvgIpc) is 2.01. The van der Waals surface area contributed by atoms with E-state index in [0.717, 1.165) is 0 Å². The second kappa shape index (κ2) is 4.52. The molecule has 0 aromatic carbocycles. The second-order valence-corrected chi connectivity index (χ2v) is 1.65. The quantitative estimate of drug-likeness (QED) is 0.332. The molecule has 0 aliphatic carbocycles. The van der Waals surface area contributed by atoms with E-state index in [2.05, 4.69) is 14.8 Å². The number of nitrogens with zero attached hydrogens (tertiary/aromatic N) is 1. The fourth-order valence-electron chi connectivity index (χ4n) is 0.507. The Morgan fingerprint density at radius 1 is 1.10 bits per heavy atom. The predicted molar refractivity (Wildman–Crippen MR) is 31.2 cm³/mol. The van der Waals surface area contributed by atoms with Gasteiger partial charge >= 0.3 is 0 Å². The topological polar surface area (TPSA) is 106 Å². The summed E-state index contributed by atoms with van der Waals surface area (Å²) in [7, 11) is 0. The van der Waals surface area contributed by atoms with Crippen molar-refractivity contribution in [1.82, 2.24) is 0 Å². The molecule has 0 aromatic rings. The van der Waals surface area contributed by atoms with Crippen molar-refractivity contribution in [2.75, 3.05) is 6.54 Å². The number of rotatable bonds is 5. The van der Waals surface area contributed by atoms with Crippen LogP contribution in [0.4, 0.5) is 0 Å². The van der Waals surface area contributed by atoms with Crippen molar-refractivity contribution in [3.05, 3.63) is 0 Å². The molecule has 0 unspecified atom stereocenters. The maximum Gasteiger partial charge on any atom is 0.184 e. The van der Waals surface area contributed by atoms with Gasteiger partial charge in [-0.1, -0.05) is 6.92 Å². The number of hydrogen-bond acceptors (Lipinski definition) is 6. The van der Waals surface area contributed by atoms with Crippen LogP contribution < -0.4 is 17.7 Å². The van der Waals surface area contributed by atoms with Gasteiger partial charge in [0.15, 0.2) is 11.5 Å². The summed E-state index contributed by atoms with van der Waals surface area (Å²) in [5.41, 5.74) is 0. The molecule has 0 amide bonds. The Bertz CT molecular complexity index is 77.6. The molecule has 0 heterocycles. The largest absolute Gasteiger partial charge is 0.184 e. The van der Waals surface area contributed by atoms with E-state index in [1.54, 1.807) is 0 Å². The third-order valence-electron chi connectivity index (χ3n) is 0.979. The van der Waals surface area contributed by atoms with Crippen LogP contribution in [0.1, 0.15) is 13.3 Å². The van der Waals surface area contributed by atoms with Crippen LogP contribution in [-0.4, -0.2) is 11.5 Å². The highest BCUT2D eigenvalue weighted by molar-refractivity contribution is 4.13. The zero-order chi connectivity index (χ0) is 8.04. The van der Waals surface area contributed by atoms with Gasteiger partial charge in [-0.05, 0) is 14.8 Å². The highest BCUT2D eigenvalue weighted by atomic mass is 17.3. The molecular formula is C3H13N4O3+. The SMILES string of the molecule is CCC[N+](ON)(ON)ON. The molecule has 6 N–H and O–H groups in total. The molecule has 0 rings (SSSR count). The van der Waals surface area contributed by atoms with Crippen LogP contribution in [0.15, 0.2) is 0 Å². The number of nitrogens with two attached hydrogens (primary N) is 3. The van der Waals surface area contributed by atoms with E-state index in [-0.39, 0.29) is 0 Å². The van der Waals surface area contributed by atoms with Gasteiger partial charge in [0, 0.05) is 6.42 Å². The van der Waals surface area contributed by atoms with Gasteiger partial charge in [0.1, 0.15) is 0 Å². The summed E-state index contributed by atoms with van der Waals surface area (Å²) in [6.07, 6.45) is 0.700. The lowest BCUT2D eigenvalue weighted by Crippen LogP contribution is -2.53. The molecule has 7 nitrogen and oxygen atoms in total. The van der Waals surface area contributed by atoms with Crippen LogP contribution in [-0.2, 0) is 14.8 Å². The summed E-state index contributed by atoms with van der Waals surface area (Å²) in [6.45, 7) is 2.17. The Hall–Kier alpha value is -0.280. The molecule has 0 atom stereocenters. The molecule has 0 saturated heterocycles. The van der Waals surface area contributed by atoms with Crippen molar-refractivity contribution < 1.29 is 19.8 Å². The van der Waals surface area contributed by atoms with E-state index < -0.39 is 4.97 Å². The smallest absolute Gasteiger partial charge is 0.153 e. The Morgan fingerprint density at radius 2 is 1.50 bits per heavy atom. The van der Waals surface area contributed by atoms with Crippen LogP contribution in [0.2, 0.25) is 0 Å². The molecule has 0 radical (unpaired) electrons. The fourth-order valence-corrected chi connectivity index (χ4v) is 0.507. The van der Waals surface area contributed by atoms with E-state index >= 15 is 0 Å². The summed E-state index contributed by atoms with van der Waals surface area (Å²) in [5, 5.41) is 0. The number of hydroxylamine groups is 3. The summed E-state index contributed by atoms with van der Waals surface area (Å²) in [6, 6.07) is 0. The lowest BCUT2D eigenvalue weighted by atomic mass is 10.5. The molecule has 62 valence electrons. The van der Waals surface area contributed by atoms with E-state index in [9.17, 15) is 0 Å². The standard InChI is InChI=1S/C3H13N4O3/c1-2-3-7(8-4,9-5)10-6/h2-6H2,1H3/q+1. The van der Waals surface area contributed by atoms with Crippen molar-refractivity contribution >= 4 is 0 Å². The molecule has 0 saturated carbocycles. The van der Waals surface area contributed by atoms with Gasteiger partial charge in [-0.2, -0.15) is 17.7 Å². The van der Waals surface area contributed by atoms with Crippen molar-refractivity contribution in [2.24, 2.45) is 17.7 Å². The molecule has 0 bridgehead atoms. The lowest BCUT2D eigenvalue weighted by molar-refractivity contribution is -1.37. The van der Waals surface area contributed by atoms with Gasteiger partial charge in [0.05, 0.1) is 0 Å². The van der Waals surface area contributed by atoms with Gasteiger partial charge in [0.2, 0.25) is 0 Å². The first-order valence-electron chi connectivity index (χ1n) is 2.78.